The fourth-order valence-corrected chi connectivity index (χ4v) is 3.47. The highest BCUT2D eigenvalue weighted by Gasteiger charge is 2.17. The number of rotatable bonds is 5. The fourth-order valence-electron chi connectivity index (χ4n) is 3.47. The summed E-state index contributed by atoms with van der Waals surface area (Å²) in [5, 5.41) is 6.11. The smallest absolute Gasteiger partial charge is 0.265 e. The maximum atomic E-state index is 13.3. The van der Waals surface area contributed by atoms with E-state index in [0.717, 1.165) is 11.1 Å². The van der Waals surface area contributed by atoms with Crippen molar-refractivity contribution in [2.24, 2.45) is 0 Å². The lowest BCUT2D eigenvalue weighted by Crippen LogP contribution is -2.30. The number of pyridine rings is 2. The van der Waals surface area contributed by atoms with Crippen molar-refractivity contribution in [1.82, 2.24) is 9.55 Å². The molecule has 2 N–H and O–H groups in total. The van der Waals surface area contributed by atoms with Crippen LogP contribution >= 0.6 is 0 Å². The van der Waals surface area contributed by atoms with Gasteiger partial charge in [-0.1, -0.05) is 35.9 Å². The van der Waals surface area contributed by atoms with E-state index in [1.807, 2.05) is 37.3 Å². The number of benzene rings is 2. The second-order valence-electron chi connectivity index (χ2n) is 7.57. The number of carbonyl (C=O) groups excluding carboxylic acids is 2. The normalized spacial score (nSPS) is 10.7. The number of hydrogen-bond acceptors (Lipinski definition) is 4. The third-order valence-corrected chi connectivity index (χ3v) is 4.99. The van der Waals surface area contributed by atoms with Gasteiger partial charge in [-0.25, -0.2) is 4.98 Å². The van der Waals surface area contributed by atoms with Crippen molar-refractivity contribution in [2.45, 2.75) is 20.4 Å². The monoisotopic (exact) mass is 426 g/mol. The van der Waals surface area contributed by atoms with Crippen molar-refractivity contribution in [1.29, 1.82) is 0 Å². The predicted octanol–water partition coefficient (Wildman–Crippen LogP) is 3.96. The Hall–Kier alpha value is -4.26. The third-order valence-electron chi connectivity index (χ3n) is 4.99. The molecule has 0 saturated heterocycles. The summed E-state index contributed by atoms with van der Waals surface area (Å²) < 4.78 is 1.52. The number of nitrogens with zero attached hydrogens (tertiary/aromatic N) is 2. The van der Waals surface area contributed by atoms with E-state index in [2.05, 4.69) is 15.6 Å². The standard InChI is InChI=1S/C25H22N4O3/c1-16-8-10-18(11-9-16)15-29-23-19(5-4-12-26-23)13-22(25(29)32)24(31)28-21-7-3-6-20(14-21)27-17(2)30/h3-14H,15H2,1-2H3,(H,27,30)(H,28,31). The summed E-state index contributed by atoms with van der Waals surface area (Å²) in [6.07, 6.45) is 1.63. The zero-order chi connectivity index (χ0) is 22.7. The van der Waals surface area contributed by atoms with Crippen molar-refractivity contribution in [3.63, 3.8) is 0 Å². The second kappa shape index (κ2) is 8.85. The van der Waals surface area contributed by atoms with Gasteiger partial charge in [0.05, 0.1) is 6.54 Å². The first-order chi connectivity index (χ1) is 15.4. The zero-order valence-corrected chi connectivity index (χ0v) is 17.8. The molecule has 0 aliphatic heterocycles. The molecule has 2 aromatic heterocycles. The van der Waals surface area contributed by atoms with Gasteiger partial charge in [-0.3, -0.25) is 19.0 Å². The van der Waals surface area contributed by atoms with Gasteiger partial charge in [0.15, 0.2) is 0 Å². The van der Waals surface area contributed by atoms with Crippen molar-refractivity contribution >= 4 is 34.2 Å². The molecule has 4 rings (SSSR count). The number of amides is 2. The largest absolute Gasteiger partial charge is 0.326 e. The molecule has 7 heteroatoms. The van der Waals surface area contributed by atoms with Gasteiger partial charge in [0.1, 0.15) is 11.2 Å². The molecule has 7 nitrogen and oxygen atoms in total. The summed E-state index contributed by atoms with van der Waals surface area (Å²) in [6, 6.07) is 19.8. The molecule has 0 atom stereocenters. The maximum absolute atomic E-state index is 13.3. The number of nitrogens with one attached hydrogen (secondary N) is 2. The average molecular weight is 426 g/mol. The minimum atomic E-state index is -0.529. The summed E-state index contributed by atoms with van der Waals surface area (Å²) in [4.78, 5) is 42.0. The molecule has 2 amide bonds. The molecule has 0 aliphatic carbocycles. The first-order valence-corrected chi connectivity index (χ1v) is 10.1. The summed E-state index contributed by atoms with van der Waals surface area (Å²) in [5.74, 6) is -0.743. The summed E-state index contributed by atoms with van der Waals surface area (Å²) in [5.41, 5.74) is 3.19. The van der Waals surface area contributed by atoms with Gasteiger partial charge in [-0.15, -0.1) is 0 Å². The molecule has 32 heavy (non-hydrogen) atoms. The lowest BCUT2D eigenvalue weighted by molar-refractivity contribution is -0.114. The van der Waals surface area contributed by atoms with Crippen LogP contribution in [0.3, 0.4) is 0 Å². The molecule has 160 valence electrons. The molecule has 2 aromatic carbocycles. The van der Waals surface area contributed by atoms with E-state index >= 15 is 0 Å². The SMILES string of the molecule is CC(=O)Nc1cccc(NC(=O)c2cc3cccnc3n(Cc3ccc(C)cc3)c2=O)c1. The van der Waals surface area contributed by atoms with Crippen LogP contribution in [0.25, 0.3) is 11.0 Å². The second-order valence-corrected chi connectivity index (χ2v) is 7.57. The highest BCUT2D eigenvalue weighted by atomic mass is 16.2. The Morgan fingerprint density at radius 3 is 2.38 bits per heavy atom. The van der Waals surface area contributed by atoms with E-state index in [1.165, 1.54) is 11.5 Å². The lowest BCUT2D eigenvalue weighted by Gasteiger charge is -2.13. The van der Waals surface area contributed by atoms with Crippen LogP contribution in [0.2, 0.25) is 0 Å². The van der Waals surface area contributed by atoms with Crippen molar-refractivity contribution in [3.05, 3.63) is 100.0 Å². The van der Waals surface area contributed by atoms with Crippen LogP contribution < -0.4 is 16.2 Å². The number of fused-ring (bicyclic) bond motifs is 1. The predicted molar refractivity (Wildman–Crippen MR) is 125 cm³/mol. The summed E-state index contributed by atoms with van der Waals surface area (Å²) >= 11 is 0. The zero-order valence-electron chi connectivity index (χ0n) is 17.8. The number of hydrogen-bond donors (Lipinski definition) is 2. The maximum Gasteiger partial charge on any atom is 0.265 e. The van der Waals surface area contributed by atoms with Crippen LogP contribution in [-0.4, -0.2) is 21.4 Å². The van der Waals surface area contributed by atoms with E-state index in [9.17, 15) is 14.4 Å². The van der Waals surface area contributed by atoms with Crippen molar-refractivity contribution < 1.29 is 9.59 Å². The van der Waals surface area contributed by atoms with Gasteiger partial charge in [-0.05, 0) is 48.9 Å². The van der Waals surface area contributed by atoms with E-state index in [1.54, 1.807) is 42.6 Å². The molecule has 0 aliphatic rings. The van der Waals surface area contributed by atoms with Gasteiger partial charge in [0, 0.05) is 29.9 Å². The summed E-state index contributed by atoms with van der Waals surface area (Å²) in [7, 11) is 0. The Kier molecular flexibility index (Phi) is 5.81. The van der Waals surface area contributed by atoms with E-state index in [0.29, 0.717) is 29.0 Å². The van der Waals surface area contributed by atoms with Crippen molar-refractivity contribution in [2.75, 3.05) is 10.6 Å². The molecule has 0 saturated carbocycles. The Balaban J connectivity index is 1.72. The summed E-state index contributed by atoms with van der Waals surface area (Å²) in [6.45, 7) is 3.70. The Morgan fingerprint density at radius 1 is 0.938 bits per heavy atom. The van der Waals surface area contributed by atoms with Crippen LogP contribution in [0.4, 0.5) is 11.4 Å². The first-order valence-electron chi connectivity index (χ1n) is 10.1. The van der Waals surface area contributed by atoms with Gasteiger partial charge >= 0.3 is 0 Å². The van der Waals surface area contributed by atoms with Crippen LogP contribution in [0.5, 0.6) is 0 Å². The first kappa shape index (κ1) is 21.0. The average Bonchev–Trinajstić information content (AvgIpc) is 2.76. The Bertz CT molecular complexity index is 1370. The van der Waals surface area contributed by atoms with Crippen LogP contribution in [-0.2, 0) is 11.3 Å². The lowest BCUT2D eigenvalue weighted by atomic mass is 10.1. The van der Waals surface area contributed by atoms with Gasteiger partial charge in [0.2, 0.25) is 5.91 Å². The highest BCUT2D eigenvalue weighted by Crippen LogP contribution is 2.17. The number of aromatic nitrogens is 2. The number of carbonyl (C=O) groups is 2. The van der Waals surface area contributed by atoms with E-state index in [-0.39, 0.29) is 11.5 Å². The topological polar surface area (TPSA) is 93.1 Å². The molecule has 4 aromatic rings. The molecule has 0 spiro atoms. The molecular formula is C25H22N4O3. The molecule has 0 fully saturated rings. The van der Waals surface area contributed by atoms with E-state index < -0.39 is 11.5 Å². The minimum absolute atomic E-state index is 0.0162. The Labute approximate surface area is 184 Å². The van der Waals surface area contributed by atoms with E-state index in [4.69, 9.17) is 0 Å². The van der Waals surface area contributed by atoms with Gasteiger partial charge in [-0.2, -0.15) is 0 Å². The number of anilines is 2. The number of aryl methyl sites for hydroxylation is 1. The third kappa shape index (κ3) is 4.57. The highest BCUT2D eigenvalue weighted by molar-refractivity contribution is 6.06. The fraction of sp³-hybridized carbons (Fsp3) is 0.120. The molecule has 0 unspecified atom stereocenters. The van der Waals surface area contributed by atoms with Crippen molar-refractivity contribution in [3.8, 4) is 0 Å². The quantitative estimate of drug-likeness (QED) is 0.505. The molecule has 0 bridgehead atoms. The molecule has 2 heterocycles. The Morgan fingerprint density at radius 2 is 1.66 bits per heavy atom. The minimum Gasteiger partial charge on any atom is -0.326 e. The van der Waals surface area contributed by atoms with Gasteiger partial charge in [0.25, 0.3) is 11.5 Å². The van der Waals surface area contributed by atoms with Crippen LogP contribution in [0, 0.1) is 6.92 Å². The molecule has 0 radical (unpaired) electrons. The molecular weight excluding hydrogens is 404 g/mol. The van der Waals surface area contributed by atoms with Crippen LogP contribution in [0.15, 0.2) is 77.7 Å². The van der Waals surface area contributed by atoms with Crippen LogP contribution in [0.1, 0.15) is 28.4 Å². The van der Waals surface area contributed by atoms with Gasteiger partial charge < -0.3 is 10.6 Å².